The van der Waals surface area contributed by atoms with E-state index in [1.165, 1.54) is 0 Å². The lowest BCUT2D eigenvalue weighted by atomic mass is 10.1. The average molecular weight is 317 g/mol. The van der Waals surface area contributed by atoms with Gasteiger partial charge in [-0.15, -0.1) is 12.4 Å². The summed E-state index contributed by atoms with van der Waals surface area (Å²) >= 11 is 0. The van der Waals surface area contributed by atoms with E-state index in [0.717, 1.165) is 43.9 Å². The van der Waals surface area contributed by atoms with Crippen LogP contribution in [-0.4, -0.2) is 32.0 Å². The van der Waals surface area contributed by atoms with Crippen LogP contribution in [-0.2, 0) is 13.0 Å². The van der Waals surface area contributed by atoms with E-state index in [4.69, 9.17) is 10.7 Å². The van der Waals surface area contributed by atoms with Gasteiger partial charge in [0.25, 0.3) is 0 Å². The SMILES string of the molecule is CCCCn1nc(CC(C)C)nc1[C@H]1C[C@H](N)[C@@H](O)C1.Cl. The molecule has 1 fully saturated rings. The molecule has 1 aromatic rings. The molecule has 2 rings (SSSR count). The number of unbranched alkanes of at least 4 members (excludes halogenated alkanes) is 1. The summed E-state index contributed by atoms with van der Waals surface area (Å²) in [5.74, 6) is 2.77. The van der Waals surface area contributed by atoms with Crippen LogP contribution in [0.15, 0.2) is 0 Å². The van der Waals surface area contributed by atoms with E-state index in [1.807, 2.05) is 0 Å². The Labute approximate surface area is 133 Å². The van der Waals surface area contributed by atoms with Gasteiger partial charge in [-0.1, -0.05) is 27.2 Å². The van der Waals surface area contributed by atoms with E-state index in [2.05, 4.69) is 30.6 Å². The zero-order chi connectivity index (χ0) is 14.7. The fraction of sp³-hybridized carbons (Fsp3) is 0.867. The zero-order valence-electron chi connectivity index (χ0n) is 13.3. The van der Waals surface area contributed by atoms with Gasteiger partial charge < -0.3 is 10.8 Å². The summed E-state index contributed by atoms with van der Waals surface area (Å²) in [5, 5.41) is 14.5. The van der Waals surface area contributed by atoms with E-state index < -0.39 is 6.10 Å². The van der Waals surface area contributed by atoms with Crippen LogP contribution < -0.4 is 5.73 Å². The molecule has 1 saturated carbocycles. The van der Waals surface area contributed by atoms with Crippen molar-refractivity contribution in [1.82, 2.24) is 14.8 Å². The van der Waals surface area contributed by atoms with E-state index in [-0.39, 0.29) is 24.4 Å². The molecule has 1 aliphatic carbocycles. The number of halogens is 1. The van der Waals surface area contributed by atoms with Crippen LogP contribution in [0.1, 0.15) is 64.0 Å². The van der Waals surface area contributed by atoms with Crippen molar-refractivity contribution in [2.45, 2.75) is 77.5 Å². The average Bonchev–Trinajstić information content (AvgIpc) is 2.91. The minimum Gasteiger partial charge on any atom is -0.391 e. The number of rotatable bonds is 6. The van der Waals surface area contributed by atoms with E-state index in [1.54, 1.807) is 0 Å². The topological polar surface area (TPSA) is 77.0 Å². The zero-order valence-corrected chi connectivity index (χ0v) is 14.1. The highest BCUT2D eigenvalue weighted by molar-refractivity contribution is 5.85. The number of nitrogens with zero attached hydrogens (tertiary/aromatic N) is 3. The Balaban J connectivity index is 0.00000220. The molecular formula is C15H29ClN4O. The van der Waals surface area contributed by atoms with Gasteiger partial charge in [-0.2, -0.15) is 5.10 Å². The summed E-state index contributed by atoms with van der Waals surface area (Å²) < 4.78 is 2.05. The minimum atomic E-state index is -0.398. The molecule has 0 unspecified atom stereocenters. The molecule has 122 valence electrons. The predicted octanol–water partition coefficient (Wildman–Crippen LogP) is 2.26. The van der Waals surface area contributed by atoms with Crippen LogP contribution in [0.25, 0.3) is 0 Å². The summed E-state index contributed by atoms with van der Waals surface area (Å²) in [7, 11) is 0. The first-order valence-electron chi connectivity index (χ1n) is 7.88. The lowest BCUT2D eigenvalue weighted by Gasteiger charge is -2.10. The molecule has 0 saturated heterocycles. The number of hydrogen-bond donors (Lipinski definition) is 2. The van der Waals surface area contributed by atoms with Crippen LogP contribution in [0.3, 0.4) is 0 Å². The van der Waals surface area contributed by atoms with Gasteiger partial charge >= 0.3 is 0 Å². The molecule has 0 aromatic carbocycles. The van der Waals surface area contributed by atoms with Crippen LogP contribution >= 0.6 is 12.4 Å². The minimum absolute atomic E-state index is 0. The Morgan fingerprint density at radius 3 is 2.62 bits per heavy atom. The van der Waals surface area contributed by atoms with E-state index in [9.17, 15) is 5.11 Å². The predicted molar refractivity (Wildman–Crippen MR) is 86.7 cm³/mol. The molecular weight excluding hydrogens is 288 g/mol. The Kier molecular flexibility index (Phi) is 7.10. The van der Waals surface area contributed by atoms with Gasteiger partial charge in [0.05, 0.1) is 6.10 Å². The summed E-state index contributed by atoms with van der Waals surface area (Å²) in [6.45, 7) is 7.46. The van der Waals surface area contributed by atoms with Crippen molar-refractivity contribution in [2.75, 3.05) is 0 Å². The highest BCUT2D eigenvalue weighted by Crippen LogP contribution is 2.33. The van der Waals surface area contributed by atoms with E-state index in [0.29, 0.717) is 12.3 Å². The van der Waals surface area contributed by atoms with Gasteiger partial charge in [-0.25, -0.2) is 9.67 Å². The maximum atomic E-state index is 9.87. The first-order chi connectivity index (χ1) is 9.51. The highest BCUT2D eigenvalue weighted by Gasteiger charge is 2.34. The number of aliphatic hydroxyl groups is 1. The Morgan fingerprint density at radius 2 is 2.10 bits per heavy atom. The third kappa shape index (κ3) is 4.66. The van der Waals surface area contributed by atoms with Gasteiger partial charge in [0, 0.05) is 24.9 Å². The fourth-order valence-corrected chi connectivity index (χ4v) is 2.89. The molecule has 0 bridgehead atoms. The van der Waals surface area contributed by atoms with Gasteiger partial charge in [-0.05, 0) is 25.2 Å². The van der Waals surface area contributed by atoms with Crippen molar-refractivity contribution in [3.8, 4) is 0 Å². The molecule has 6 heteroatoms. The molecule has 1 aromatic heterocycles. The number of hydrogen-bond acceptors (Lipinski definition) is 4. The molecule has 0 spiro atoms. The molecule has 1 heterocycles. The lowest BCUT2D eigenvalue weighted by molar-refractivity contribution is 0.163. The molecule has 0 amide bonds. The molecule has 0 radical (unpaired) electrons. The van der Waals surface area contributed by atoms with Crippen molar-refractivity contribution >= 4 is 12.4 Å². The Hall–Kier alpha value is -0.650. The summed E-state index contributed by atoms with van der Waals surface area (Å²) in [4.78, 5) is 4.74. The van der Waals surface area contributed by atoms with Crippen LogP contribution in [0.2, 0.25) is 0 Å². The third-order valence-electron chi connectivity index (χ3n) is 4.00. The molecule has 0 aliphatic heterocycles. The quantitative estimate of drug-likeness (QED) is 0.844. The number of nitrogens with two attached hydrogens (primary N) is 1. The normalized spacial score (nSPS) is 25.3. The molecule has 3 N–H and O–H groups in total. The summed E-state index contributed by atoms with van der Waals surface area (Å²) in [6.07, 6.45) is 4.29. The van der Waals surface area contributed by atoms with Crippen molar-refractivity contribution in [2.24, 2.45) is 11.7 Å². The third-order valence-corrected chi connectivity index (χ3v) is 4.00. The largest absolute Gasteiger partial charge is 0.391 e. The van der Waals surface area contributed by atoms with Crippen molar-refractivity contribution in [3.05, 3.63) is 11.6 Å². The van der Waals surface area contributed by atoms with Gasteiger partial charge in [-0.3, -0.25) is 0 Å². The van der Waals surface area contributed by atoms with Gasteiger partial charge in [0.15, 0.2) is 5.82 Å². The Bertz CT molecular complexity index is 425. The second kappa shape index (κ2) is 8.11. The maximum Gasteiger partial charge on any atom is 0.151 e. The smallest absolute Gasteiger partial charge is 0.151 e. The first-order valence-corrected chi connectivity index (χ1v) is 7.88. The maximum absolute atomic E-state index is 9.87. The van der Waals surface area contributed by atoms with Gasteiger partial charge in [0.1, 0.15) is 5.82 Å². The number of aliphatic hydroxyl groups excluding tert-OH is 1. The molecule has 5 nitrogen and oxygen atoms in total. The summed E-state index contributed by atoms with van der Waals surface area (Å²) in [6, 6.07) is -0.120. The fourth-order valence-electron chi connectivity index (χ4n) is 2.89. The standard InChI is InChI=1S/C15H28N4O.ClH/c1-4-5-6-19-15(11-8-12(16)13(20)9-11)17-14(18-19)7-10(2)3;/h10-13,20H,4-9,16H2,1-3H3;1H/t11-,12-,13-;/m0./s1. The van der Waals surface area contributed by atoms with Crippen LogP contribution in [0, 0.1) is 5.92 Å². The second-order valence-corrected chi connectivity index (χ2v) is 6.46. The highest BCUT2D eigenvalue weighted by atomic mass is 35.5. The van der Waals surface area contributed by atoms with Crippen molar-refractivity contribution in [1.29, 1.82) is 0 Å². The van der Waals surface area contributed by atoms with Crippen molar-refractivity contribution in [3.63, 3.8) is 0 Å². The van der Waals surface area contributed by atoms with Crippen LogP contribution in [0.5, 0.6) is 0 Å². The van der Waals surface area contributed by atoms with Crippen molar-refractivity contribution < 1.29 is 5.11 Å². The summed E-state index contributed by atoms with van der Waals surface area (Å²) in [5.41, 5.74) is 5.94. The van der Waals surface area contributed by atoms with Crippen LogP contribution in [0.4, 0.5) is 0 Å². The Morgan fingerprint density at radius 1 is 1.38 bits per heavy atom. The molecule has 21 heavy (non-hydrogen) atoms. The van der Waals surface area contributed by atoms with E-state index >= 15 is 0 Å². The number of aromatic nitrogens is 3. The lowest BCUT2D eigenvalue weighted by Crippen LogP contribution is -2.28. The first kappa shape index (κ1) is 18.4. The number of aryl methyl sites for hydroxylation is 1. The molecule has 1 aliphatic rings. The monoisotopic (exact) mass is 316 g/mol. The molecule has 3 atom stereocenters. The van der Waals surface area contributed by atoms with Gasteiger partial charge in [0.2, 0.25) is 0 Å². The second-order valence-electron chi connectivity index (χ2n) is 6.46.